The van der Waals surface area contributed by atoms with Crippen molar-refractivity contribution in [2.75, 3.05) is 6.61 Å². The summed E-state index contributed by atoms with van der Waals surface area (Å²) in [6.07, 6.45) is 3.94. The largest absolute Gasteiger partial charge is 0.365 e. The van der Waals surface area contributed by atoms with Gasteiger partial charge < -0.3 is 9.30 Å². The summed E-state index contributed by atoms with van der Waals surface area (Å²) >= 11 is 0. The van der Waals surface area contributed by atoms with Gasteiger partial charge in [0, 0.05) is 30.4 Å². The maximum absolute atomic E-state index is 5.46. The summed E-state index contributed by atoms with van der Waals surface area (Å²) < 4.78 is 7.52. The molecule has 0 spiro atoms. The van der Waals surface area contributed by atoms with E-state index in [1.54, 1.807) is 0 Å². The smallest absolute Gasteiger partial charge is 0.139 e. The molecule has 1 saturated heterocycles. The van der Waals surface area contributed by atoms with Crippen LogP contribution in [0.3, 0.4) is 0 Å². The van der Waals surface area contributed by atoms with Crippen molar-refractivity contribution in [1.82, 2.24) is 9.55 Å². The first-order valence-corrected chi connectivity index (χ1v) is 4.75. The molecule has 1 fully saturated rings. The zero-order valence-corrected chi connectivity index (χ0v) is 8.32. The van der Waals surface area contributed by atoms with Gasteiger partial charge in [0.2, 0.25) is 0 Å². The topological polar surface area (TPSA) is 30.4 Å². The van der Waals surface area contributed by atoms with Crippen molar-refractivity contribution >= 4 is 11.0 Å². The first kappa shape index (κ1) is 8.00. The van der Waals surface area contributed by atoms with E-state index < -0.39 is 0 Å². The molecule has 0 bridgehead atoms. The number of fused-ring (bicyclic) bond motifs is 1. The van der Waals surface area contributed by atoms with Gasteiger partial charge in [-0.15, -0.1) is 0 Å². The van der Waals surface area contributed by atoms with Crippen molar-refractivity contribution in [2.45, 2.75) is 12.5 Å². The molecular formula is C11H12N2O. The van der Waals surface area contributed by atoms with Gasteiger partial charge in [-0.3, -0.25) is 0 Å². The minimum atomic E-state index is -0.0669. The monoisotopic (exact) mass is 188 g/mol. The molecule has 72 valence electrons. The Morgan fingerprint density at radius 3 is 3.07 bits per heavy atom. The fourth-order valence-corrected chi connectivity index (χ4v) is 1.90. The van der Waals surface area contributed by atoms with Gasteiger partial charge in [0.05, 0.1) is 6.61 Å². The predicted octanol–water partition coefficient (Wildman–Crippen LogP) is 1.82. The third-order valence-corrected chi connectivity index (χ3v) is 2.88. The molecule has 1 aliphatic rings. The second-order valence-electron chi connectivity index (χ2n) is 4.05. The highest BCUT2D eigenvalue weighted by Gasteiger charge is 2.43. The van der Waals surface area contributed by atoms with E-state index in [1.807, 2.05) is 19.3 Å². The van der Waals surface area contributed by atoms with Crippen molar-refractivity contribution < 1.29 is 4.74 Å². The molecule has 0 aromatic carbocycles. The van der Waals surface area contributed by atoms with E-state index in [2.05, 4.69) is 28.7 Å². The molecule has 2 aromatic heterocycles. The summed E-state index contributed by atoms with van der Waals surface area (Å²) in [6.45, 7) is 2.94. The van der Waals surface area contributed by atoms with Gasteiger partial charge in [-0.05, 0) is 19.1 Å². The summed E-state index contributed by atoms with van der Waals surface area (Å²) in [5, 5.41) is 1.20. The number of hydrogen-bond acceptors (Lipinski definition) is 2. The van der Waals surface area contributed by atoms with Gasteiger partial charge in [0.15, 0.2) is 0 Å². The molecule has 1 atom stereocenters. The number of ether oxygens (including phenoxy) is 1. The Hall–Kier alpha value is -1.35. The van der Waals surface area contributed by atoms with Crippen molar-refractivity contribution in [1.29, 1.82) is 0 Å². The summed E-state index contributed by atoms with van der Waals surface area (Å²) in [5.74, 6) is 0. The Kier molecular flexibility index (Phi) is 1.35. The summed E-state index contributed by atoms with van der Waals surface area (Å²) in [7, 11) is 2.02. The second kappa shape index (κ2) is 2.36. The third kappa shape index (κ3) is 0.930. The zero-order valence-electron chi connectivity index (χ0n) is 8.32. The minimum absolute atomic E-state index is 0.0669. The van der Waals surface area contributed by atoms with Crippen LogP contribution in [-0.4, -0.2) is 16.2 Å². The van der Waals surface area contributed by atoms with Gasteiger partial charge in [0.1, 0.15) is 11.2 Å². The third-order valence-electron chi connectivity index (χ3n) is 2.88. The number of rotatable bonds is 1. The van der Waals surface area contributed by atoms with Crippen molar-refractivity contribution in [3.05, 3.63) is 30.1 Å². The molecule has 0 amide bonds. The molecule has 3 heterocycles. The number of hydrogen-bond donors (Lipinski definition) is 0. The molecule has 3 nitrogen and oxygen atoms in total. The lowest BCUT2D eigenvalue weighted by Gasteiger charge is -2.01. The molecule has 14 heavy (non-hydrogen) atoms. The highest BCUT2D eigenvalue weighted by atomic mass is 16.6. The summed E-state index contributed by atoms with van der Waals surface area (Å²) in [6, 6.07) is 4.07. The number of epoxide rings is 1. The Morgan fingerprint density at radius 2 is 2.36 bits per heavy atom. The highest BCUT2D eigenvalue weighted by molar-refractivity contribution is 5.81. The van der Waals surface area contributed by atoms with Gasteiger partial charge in [-0.1, -0.05) is 0 Å². The average molecular weight is 188 g/mol. The normalized spacial score (nSPS) is 25.6. The summed E-state index contributed by atoms with van der Waals surface area (Å²) in [5.41, 5.74) is 2.21. The van der Waals surface area contributed by atoms with Crippen LogP contribution in [0.5, 0.6) is 0 Å². The van der Waals surface area contributed by atoms with E-state index in [0.717, 1.165) is 12.3 Å². The number of aromatic nitrogens is 2. The van der Waals surface area contributed by atoms with Crippen LogP contribution in [-0.2, 0) is 17.4 Å². The minimum Gasteiger partial charge on any atom is -0.365 e. The predicted molar refractivity (Wildman–Crippen MR) is 54.0 cm³/mol. The maximum atomic E-state index is 5.46. The summed E-state index contributed by atoms with van der Waals surface area (Å²) in [4.78, 5) is 4.35. The molecule has 3 heteroatoms. The van der Waals surface area contributed by atoms with Gasteiger partial charge >= 0.3 is 0 Å². The Labute approximate surface area is 82.3 Å². The van der Waals surface area contributed by atoms with Crippen LogP contribution >= 0.6 is 0 Å². The zero-order chi connectivity index (χ0) is 9.76. The van der Waals surface area contributed by atoms with E-state index in [4.69, 9.17) is 4.74 Å². The average Bonchev–Trinajstić information content (AvgIpc) is 2.84. The lowest BCUT2D eigenvalue weighted by Crippen LogP contribution is -2.00. The van der Waals surface area contributed by atoms with Crippen molar-refractivity contribution in [3.8, 4) is 0 Å². The van der Waals surface area contributed by atoms with Crippen LogP contribution in [0.2, 0.25) is 0 Å². The van der Waals surface area contributed by atoms with Crippen molar-refractivity contribution in [2.24, 2.45) is 7.05 Å². The molecule has 0 N–H and O–H groups in total. The van der Waals surface area contributed by atoms with Crippen LogP contribution in [0.4, 0.5) is 0 Å². The Bertz CT molecular complexity index is 497. The first-order valence-electron chi connectivity index (χ1n) is 4.75. The first-order chi connectivity index (χ1) is 6.71. The van der Waals surface area contributed by atoms with Gasteiger partial charge in [0.25, 0.3) is 0 Å². The van der Waals surface area contributed by atoms with Crippen LogP contribution < -0.4 is 0 Å². The molecule has 0 radical (unpaired) electrons. The standard InChI is InChI=1S/C11H12N2O/c1-11(7-14-11)9-6-13(2)10-8(9)4-3-5-12-10/h3-6H,7H2,1-2H3. The second-order valence-corrected chi connectivity index (χ2v) is 4.05. The Morgan fingerprint density at radius 1 is 1.57 bits per heavy atom. The van der Waals surface area contributed by atoms with Gasteiger partial charge in [-0.25, -0.2) is 4.98 Å². The van der Waals surface area contributed by atoms with Crippen LogP contribution in [0.1, 0.15) is 12.5 Å². The van der Waals surface area contributed by atoms with E-state index in [0.29, 0.717) is 0 Å². The molecule has 1 unspecified atom stereocenters. The Balaban J connectivity index is 2.34. The molecule has 1 aliphatic heterocycles. The van der Waals surface area contributed by atoms with Crippen molar-refractivity contribution in [3.63, 3.8) is 0 Å². The van der Waals surface area contributed by atoms with Crippen LogP contribution in [0.15, 0.2) is 24.5 Å². The molecular weight excluding hydrogens is 176 g/mol. The quantitative estimate of drug-likeness (QED) is 0.639. The van der Waals surface area contributed by atoms with Crippen LogP contribution in [0, 0.1) is 0 Å². The van der Waals surface area contributed by atoms with Crippen LogP contribution in [0.25, 0.3) is 11.0 Å². The lowest BCUT2D eigenvalue weighted by molar-refractivity contribution is 0.331. The molecule has 3 rings (SSSR count). The van der Waals surface area contributed by atoms with E-state index in [1.165, 1.54) is 10.9 Å². The molecule has 0 saturated carbocycles. The number of aryl methyl sites for hydroxylation is 1. The molecule has 2 aromatic rings. The number of nitrogens with zero attached hydrogens (tertiary/aromatic N) is 2. The fraction of sp³-hybridized carbons (Fsp3) is 0.364. The maximum Gasteiger partial charge on any atom is 0.139 e. The highest BCUT2D eigenvalue weighted by Crippen LogP contribution is 2.41. The lowest BCUT2D eigenvalue weighted by atomic mass is 10.0. The fourth-order valence-electron chi connectivity index (χ4n) is 1.90. The van der Waals surface area contributed by atoms with E-state index >= 15 is 0 Å². The molecule has 0 aliphatic carbocycles. The van der Waals surface area contributed by atoms with E-state index in [9.17, 15) is 0 Å². The number of pyridine rings is 1. The van der Waals surface area contributed by atoms with E-state index in [-0.39, 0.29) is 5.60 Å². The van der Waals surface area contributed by atoms with Gasteiger partial charge in [-0.2, -0.15) is 0 Å². The SMILES string of the molecule is Cn1cc(C2(C)CO2)c2cccnc21.